The Bertz CT molecular complexity index is 732. The van der Waals surface area contributed by atoms with Crippen LogP contribution in [0.5, 0.6) is 0 Å². The highest BCUT2D eigenvalue weighted by Crippen LogP contribution is 2.16. The summed E-state index contributed by atoms with van der Waals surface area (Å²) < 4.78 is 21.3. The first-order valence-electron chi connectivity index (χ1n) is 23.1. The summed E-state index contributed by atoms with van der Waals surface area (Å²) in [5, 5.41) is 0. The molecule has 0 aliphatic rings. The molecule has 7 heteroatoms. The Balaban J connectivity index is 3.79. The molecule has 0 bridgehead atoms. The van der Waals surface area contributed by atoms with Crippen LogP contribution in [0.2, 0.25) is 0 Å². The minimum Gasteiger partial charge on any atom is -0.463 e. The molecule has 7 nitrogen and oxygen atoms in total. The van der Waals surface area contributed by atoms with E-state index in [4.69, 9.17) is 18.9 Å². The van der Waals surface area contributed by atoms with E-state index in [1.54, 1.807) is 0 Å². The largest absolute Gasteiger partial charge is 0.463 e. The van der Waals surface area contributed by atoms with Crippen molar-refractivity contribution < 1.29 is 33.3 Å². The second-order valence-corrected chi connectivity index (χ2v) is 15.7. The van der Waals surface area contributed by atoms with Crippen molar-refractivity contribution in [2.75, 3.05) is 20.0 Å². The van der Waals surface area contributed by atoms with Crippen molar-refractivity contribution in [2.24, 2.45) is 0 Å². The molecule has 0 aromatic carbocycles. The molecule has 53 heavy (non-hydrogen) atoms. The summed E-state index contributed by atoms with van der Waals surface area (Å²) in [4.78, 5) is 35.8. The lowest BCUT2D eigenvalue weighted by atomic mass is 10.0. The Labute approximate surface area is 328 Å². The molecule has 0 unspecified atom stereocenters. The molecule has 0 saturated heterocycles. The predicted molar refractivity (Wildman–Crippen MR) is 221 cm³/mol. The van der Waals surface area contributed by atoms with E-state index in [1.165, 1.54) is 187 Å². The minimum atomic E-state index is -0.673. The molecule has 0 atom stereocenters. The average molecular weight is 753 g/mol. The van der Waals surface area contributed by atoms with Gasteiger partial charge in [-0.25, -0.2) is 0 Å². The number of esters is 3. The molecular formula is C46H88O7. The normalized spacial score (nSPS) is 11.3. The topological polar surface area (TPSA) is 88.1 Å². The van der Waals surface area contributed by atoms with Gasteiger partial charge in [-0.05, 0) is 12.8 Å². The van der Waals surface area contributed by atoms with Crippen molar-refractivity contribution in [1.82, 2.24) is 0 Å². The van der Waals surface area contributed by atoms with Gasteiger partial charge in [-0.15, -0.1) is 0 Å². The van der Waals surface area contributed by atoms with Crippen molar-refractivity contribution in [3.8, 4) is 0 Å². The highest BCUT2D eigenvalue weighted by Gasteiger charge is 2.16. The number of ether oxygens (including phenoxy) is 4. The first-order valence-corrected chi connectivity index (χ1v) is 23.1. The van der Waals surface area contributed by atoms with Gasteiger partial charge in [0.25, 0.3) is 0 Å². The smallest absolute Gasteiger partial charge is 0.305 e. The Morgan fingerprint density at radius 1 is 0.358 bits per heavy atom. The van der Waals surface area contributed by atoms with Gasteiger partial charge in [-0.1, -0.05) is 219 Å². The van der Waals surface area contributed by atoms with Gasteiger partial charge in [0.15, 0.2) is 6.79 Å². The SMILES string of the molecule is CCCCCCCCCCCCCCCCCCCC(=O)OCC(COC(=O)CCCCCCCCCCCCCCCCCCC)OCOC(C)=O. The molecule has 314 valence electrons. The van der Waals surface area contributed by atoms with Gasteiger partial charge in [0, 0.05) is 19.8 Å². The standard InChI is InChI=1S/C46H88O7/c1-4-6-8-10-12-14-16-18-20-22-24-26-28-30-32-34-36-38-45(48)50-40-44(53-42-52-43(3)47)41-51-46(49)39-37-35-33-31-29-27-25-23-21-19-17-15-13-11-9-7-5-2/h44H,4-42H2,1-3H3. The number of hydrogen-bond donors (Lipinski definition) is 0. The Kier molecular flexibility index (Phi) is 41.8. The van der Waals surface area contributed by atoms with Gasteiger partial charge in [0.05, 0.1) is 0 Å². The molecular weight excluding hydrogens is 664 g/mol. The molecule has 0 aromatic rings. The van der Waals surface area contributed by atoms with Crippen LogP contribution in [-0.2, 0) is 33.3 Å². The van der Waals surface area contributed by atoms with Gasteiger partial charge in [-0.3, -0.25) is 14.4 Å². The molecule has 0 aliphatic carbocycles. The van der Waals surface area contributed by atoms with Crippen molar-refractivity contribution in [1.29, 1.82) is 0 Å². The molecule has 0 fully saturated rings. The first-order chi connectivity index (χ1) is 26.0. The van der Waals surface area contributed by atoms with Crippen LogP contribution in [-0.4, -0.2) is 44.0 Å². The lowest BCUT2D eigenvalue weighted by Gasteiger charge is -2.18. The summed E-state index contributed by atoms with van der Waals surface area (Å²) in [6.45, 7) is 5.51. The molecule has 0 aromatic heterocycles. The van der Waals surface area contributed by atoms with E-state index < -0.39 is 12.1 Å². The zero-order chi connectivity index (χ0) is 38.7. The maximum Gasteiger partial charge on any atom is 0.305 e. The molecule has 0 spiro atoms. The zero-order valence-electron chi connectivity index (χ0n) is 35.5. The van der Waals surface area contributed by atoms with Crippen LogP contribution in [0, 0.1) is 0 Å². The predicted octanol–water partition coefficient (Wildman–Crippen LogP) is 14.1. The average Bonchev–Trinajstić information content (AvgIpc) is 3.14. The molecule has 0 saturated carbocycles. The van der Waals surface area contributed by atoms with E-state index in [-0.39, 0.29) is 31.9 Å². The van der Waals surface area contributed by atoms with Crippen LogP contribution in [0.1, 0.15) is 252 Å². The fourth-order valence-electron chi connectivity index (χ4n) is 6.86. The number of carbonyl (C=O) groups excluding carboxylic acids is 3. The zero-order valence-corrected chi connectivity index (χ0v) is 35.5. The van der Waals surface area contributed by atoms with Crippen LogP contribution >= 0.6 is 0 Å². The van der Waals surface area contributed by atoms with Gasteiger partial charge in [-0.2, -0.15) is 0 Å². The van der Waals surface area contributed by atoms with Crippen LogP contribution in [0.15, 0.2) is 0 Å². The highest BCUT2D eigenvalue weighted by molar-refractivity contribution is 5.69. The summed E-state index contributed by atoms with van der Waals surface area (Å²) in [5.74, 6) is -1.01. The molecule has 0 amide bonds. The summed E-state index contributed by atoms with van der Waals surface area (Å²) in [6, 6.07) is 0. The van der Waals surface area contributed by atoms with Crippen molar-refractivity contribution in [3.05, 3.63) is 0 Å². The van der Waals surface area contributed by atoms with Gasteiger partial charge in [0.1, 0.15) is 19.3 Å². The summed E-state index contributed by atoms with van der Waals surface area (Å²) in [6.07, 6.45) is 44.2. The summed E-state index contributed by atoms with van der Waals surface area (Å²) in [5.41, 5.74) is 0. The Morgan fingerprint density at radius 3 is 0.849 bits per heavy atom. The maximum atomic E-state index is 12.3. The Hall–Kier alpha value is -1.63. The van der Waals surface area contributed by atoms with Crippen molar-refractivity contribution in [2.45, 2.75) is 258 Å². The van der Waals surface area contributed by atoms with E-state index >= 15 is 0 Å². The number of rotatable bonds is 43. The van der Waals surface area contributed by atoms with E-state index in [2.05, 4.69) is 13.8 Å². The third kappa shape index (κ3) is 43.0. The molecule has 0 aliphatic heterocycles. The van der Waals surface area contributed by atoms with E-state index in [9.17, 15) is 14.4 Å². The monoisotopic (exact) mass is 753 g/mol. The van der Waals surface area contributed by atoms with Crippen LogP contribution in [0.3, 0.4) is 0 Å². The summed E-state index contributed by atoms with van der Waals surface area (Å²) in [7, 11) is 0. The molecule has 0 heterocycles. The lowest BCUT2D eigenvalue weighted by molar-refractivity contribution is -0.174. The number of hydrogen-bond acceptors (Lipinski definition) is 7. The lowest BCUT2D eigenvalue weighted by Crippen LogP contribution is -2.29. The van der Waals surface area contributed by atoms with Gasteiger partial charge in [0.2, 0.25) is 0 Å². The molecule has 0 N–H and O–H groups in total. The second kappa shape index (κ2) is 43.1. The van der Waals surface area contributed by atoms with E-state index in [0.29, 0.717) is 12.8 Å². The summed E-state index contributed by atoms with van der Waals surface area (Å²) >= 11 is 0. The van der Waals surface area contributed by atoms with Gasteiger partial charge >= 0.3 is 17.9 Å². The fraction of sp³-hybridized carbons (Fsp3) is 0.935. The first kappa shape index (κ1) is 51.4. The third-order valence-electron chi connectivity index (χ3n) is 10.4. The quantitative estimate of drug-likeness (QED) is 0.0265. The van der Waals surface area contributed by atoms with E-state index in [1.807, 2.05) is 0 Å². The second-order valence-electron chi connectivity index (χ2n) is 15.7. The minimum absolute atomic E-state index is 0.0362. The number of unbranched alkanes of at least 4 members (excludes halogenated alkanes) is 32. The van der Waals surface area contributed by atoms with Crippen molar-refractivity contribution >= 4 is 17.9 Å². The van der Waals surface area contributed by atoms with Crippen LogP contribution in [0.25, 0.3) is 0 Å². The van der Waals surface area contributed by atoms with Gasteiger partial charge < -0.3 is 18.9 Å². The van der Waals surface area contributed by atoms with Crippen LogP contribution < -0.4 is 0 Å². The molecule has 0 radical (unpaired) electrons. The highest BCUT2D eigenvalue weighted by atomic mass is 16.7. The maximum absolute atomic E-state index is 12.3. The number of carbonyl (C=O) groups is 3. The van der Waals surface area contributed by atoms with Crippen molar-refractivity contribution in [3.63, 3.8) is 0 Å². The third-order valence-corrected chi connectivity index (χ3v) is 10.4. The van der Waals surface area contributed by atoms with E-state index in [0.717, 1.165) is 38.5 Å². The Morgan fingerprint density at radius 2 is 0.604 bits per heavy atom. The molecule has 0 rings (SSSR count). The van der Waals surface area contributed by atoms with Crippen LogP contribution in [0.4, 0.5) is 0 Å². The fourth-order valence-corrected chi connectivity index (χ4v) is 6.86.